The second kappa shape index (κ2) is 7.38. The first-order valence-electron chi connectivity index (χ1n) is 7.48. The lowest BCUT2D eigenvalue weighted by Crippen LogP contribution is -2.25. The number of aliphatic hydroxyl groups is 1. The molecular formula is C15H23N3O3. The van der Waals surface area contributed by atoms with E-state index in [2.05, 4.69) is 17.6 Å². The highest BCUT2D eigenvalue weighted by molar-refractivity contribution is 5.69. The summed E-state index contributed by atoms with van der Waals surface area (Å²) in [6, 6.07) is 3.44. The number of fused-ring (bicyclic) bond motifs is 1. The van der Waals surface area contributed by atoms with Gasteiger partial charge in [0.05, 0.1) is 4.92 Å². The Morgan fingerprint density at radius 2 is 2.33 bits per heavy atom. The van der Waals surface area contributed by atoms with E-state index in [1.54, 1.807) is 6.07 Å². The molecule has 1 heterocycles. The molecule has 1 aliphatic rings. The highest BCUT2D eigenvalue weighted by atomic mass is 16.6. The number of benzene rings is 1. The Hall–Kier alpha value is -1.66. The standard InChI is InChI=1S/C15H23N3O3/c1-11(3-2-8-19)9-17-15-13-6-7-16-10-12(13)4-5-14(15)18(20)21/h4-5,11,16-17,19H,2-3,6-10H2,1H3/t11-/m1/s1. The Morgan fingerprint density at radius 1 is 1.52 bits per heavy atom. The van der Waals surface area contributed by atoms with Crippen LogP contribution in [0.4, 0.5) is 11.4 Å². The van der Waals surface area contributed by atoms with Gasteiger partial charge in [0.2, 0.25) is 0 Å². The third-order valence-electron chi connectivity index (χ3n) is 3.93. The molecule has 0 spiro atoms. The summed E-state index contributed by atoms with van der Waals surface area (Å²) in [7, 11) is 0. The molecule has 0 saturated heterocycles. The lowest BCUT2D eigenvalue weighted by atomic mass is 9.97. The molecule has 1 atom stereocenters. The second-order valence-corrected chi connectivity index (χ2v) is 5.63. The molecular weight excluding hydrogens is 270 g/mol. The molecule has 6 nitrogen and oxygen atoms in total. The zero-order valence-electron chi connectivity index (χ0n) is 12.4. The van der Waals surface area contributed by atoms with E-state index < -0.39 is 0 Å². The smallest absolute Gasteiger partial charge is 0.292 e. The Bertz CT molecular complexity index is 505. The van der Waals surface area contributed by atoms with Crippen LogP contribution in [0.2, 0.25) is 0 Å². The maximum atomic E-state index is 11.2. The van der Waals surface area contributed by atoms with Crippen molar-refractivity contribution in [2.75, 3.05) is 25.0 Å². The topological polar surface area (TPSA) is 87.4 Å². The molecule has 0 aliphatic carbocycles. The minimum Gasteiger partial charge on any atom is -0.396 e. The zero-order valence-corrected chi connectivity index (χ0v) is 12.4. The van der Waals surface area contributed by atoms with Crippen molar-refractivity contribution in [1.82, 2.24) is 5.32 Å². The van der Waals surface area contributed by atoms with Crippen LogP contribution in [0.5, 0.6) is 0 Å². The number of rotatable bonds is 7. The summed E-state index contributed by atoms with van der Waals surface area (Å²) < 4.78 is 0. The van der Waals surface area contributed by atoms with Crippen LogP contribution in [0.25, 0.3) is 0 Å². The monoisotopic (exact) mass is 293 g/mol. The molecule has 0 radical (unpaired) electrons. The Kier molecular flexibility index (Phi) is 5.52. The summed E-state index contributed by atoms with van der Waals surface area (Å²) in [6.07, 6.45) is 2.49. The van der Waals surface area contributed by atoms with E-state index >= 15 is 0 Å². The molecule has 0 fully saturated rings. The average molecular weight is 293 g/mol. The molecule has 0 unspecified atom stereocenters. The number of nitrogens with zero attached hydrogens (tertiary/aromatic N) is 1. The highest BCUT2D eigenvalue weighted by Crippen LogP contribution is 2.33. The first-order chi connectivity index (χ1) is 10.1. The van der Waals surface area contributed by atoms with Gasteiger partial charge in [-0.15, -0.1) is 0 Å². The molecule has 116 valence electrons. The van der Waals surface area contributed by atoms with E-state index in [-0.39, 0.29) is 17.2 Å². The predicted octanol–water partition coefficient (Wildman–Crippen LogP) is 2.06. The number of nitro benzene ring substituents is 1. The number of nitrogens with one attached hydrogen (secondary N) is 2. The van der Waals surface area contributed by atoms with Crippen LogP contribution in [0.1, 0.15) is 30.9 Å². The molecule has 0 aromatic heterocycles. The van der Waals surface area contributed by atoms with E-state index in [4.69, 9.17) is 5.11 Å². The maximum absolute atomic E-state index is 11.2. The average Bonchev–Trinajstić information content (AvgIpc) is 2.50. The number of hydrogen-bond acceptors (Lipinski definition) is 5. The molecule has 21 heavy (non-hydrogen) atoms. The van der Waals surface area contributed by atoms with Crippen LogP contribution in [0, 0.1) is 16.0 Å². The Balaban J connectivity index is 2.17. The van der Waals surface area contributed by atoms with Crippen molar-refractivity contribution in [1.29, 1.82) is 0 Å². The van der Waals surface area contributed by atoms with Crippen LogP contribution in [-0.4, -0.2) is 29.7 Å². The van der Waals surface area contributed by atoms with Gasteiger partial charge in [0, 0.05) is 25.8 Å². The van der Waals surface area contributed by atoms with E-state index in [1.165, 1.54) is 0 Å². The van der Waals surface area contributed by atoms with E-state index in [9.17, 15) is 10.1 Å². The van der Waals surface area contributed by atoms with Crippen molar-refractivity contribution in [3.8, 4) is 0 Å². The van der Waals surface area contributed by atoms with Crippen molar-refractivity contribution in [3.63, 3.8) is 0 Å². The van der Waals surface area contributed by atoms with Crippen LogP contribution < -0.4 is 10.6 Å². The third-order valence-corrected chi connectivity index (χ3v) is 3.93. The van der Waals surface area contributed by atoms with Gasteiger partial charge in [-0.25, -0.2) is 0 Å². The van der Waals surface area contributed by atoms with Gasteiger partial charge in [0.15, 0.2) is 0 Å². The fourth-order valence-electron chi connectivity index (χ4n) is 2.73. The van der Waals surface area contributed by atoms with Crippen LogP contribution >= 0.6 is 0 Å². The molecule has 1 aromatic carbocycles. The largest absolute Gasteiger partial charge is 0.396 e. The summed E-state index contributed by atoms with van der Waals surface area (Å²) in [5.74, 6) is 0.370. The lowest BCUT2D eigenvalue weighted by Gasteiger charge is -2.22. The molecule has 6 heteroatoms. The molecule has 1 aromatic rings. The number of anilines is 1. The third kappa shape index (κ3) is 3.92. The molecule has 0 bridgehead atoms. The first kappa shape index (κ1) is 15.7. The number of aliphatic hydroxyl groups excluding tert-OH is 1. The molecule has 0 saturated carbocycles. The van der Waals surface area contributed by atoms with Gasteiger partial charge in [0.25, 0.3) is 5.69 Å². The van der Waals surface area contributed by atoms with E-state index in [1.807, 2.05) is 6.07 Å². The van der Waals surface area contributed by atoms with Crippen LogP contribution in [0.15, 0.2) is 12.1 Å². The fraction of sp³-hybridized carbons (Fsp3) is 0.600. The Morgan fingerprint density at radius 3 is 3.05 bits per heavy atom. The lowest BCUT2D eigenvalue weighted by molar-refractivity contribution is -0.384. The molecule has 3 N–H and O–H groups in total. The fourth-order valence-corrected chi connectivity index (χ4v) is 2.73. The number of nitro groups is 1. The van der Waals surface area contributed by atoms with Gasteiger partial charge < -0.3 is 15.7 Å². The predicted molar refractivity (Wildman–Crippen MR) is 82.5 cm³/mol. The molecule has 2 rings (SSSR count). The van der Waals surface area contributed by atoms with Crippen molar-refractivity contribution in [2.24, 2.45) is 5.92 Å². The zero-order chi connectivity index (χ0) is 15.2. The van der Waals surface area contributed by atoms with Gasteiger partial charge in [-0.05, 0) is 42.9 Å². The summed E-state index contributed by atoms with van der Waals surface area (Å²) in [4.78, 5) is 10.9. The Labute approximate surface area is 124 Å². The van der Waals surface area contributed by atoms with Gasteiger partial charge in [-0.3, -0.25) is 10.1 Å². The SMILES string of the molecule is C[C@H](CCCO)CNc1c([N+](=O)[O-])ccc2c1CCNC2. The normalized spacial score (nSPS) is 15.3. The van der Waals surface area contributed by atoms with Gasteiger partial charge in [-0.1, -0.05) is 13.0 Å². The molecule has 1 aliphatic heterocycles. The minimum atomic E-state index is -0.316. The van der Waals surface area contributed by atoms with E-state index in [0.717, 1.165) is 43.5 Å². The van der Waals surface area contributed by atoms with Gasteiger partial charge >= 0.3 is 0 Å². The van der Waals surface area contributed by atoms with Gasteiger partial charge in [-0.2, -0.15) is 0 Å². The maximum Gasteiger partial charge on any atom is 0.292 e. The van der Waals surface area contributed by atoms with Crippen LogP contribution in [-0.2, 0) is 13.0 Å². The van der Waals surface area contributed by atoms with E-state index in [0.29, 0.717) is 18.2 Å². The van der Waals surface area contributed by atoms with Gasteiger partial charge in [0.1, 0.15) is 5.69 Å². The minimum absolute atomic E-state index is 0.157. The van der Waals surface area contributed by atoms with Crippen LogP contribution in [0.3, 0.4) is 0 Å². The van der Waals surface area contributed by atoms with Crippen molar-refractivity contribution in [2.45, 2.75) is 32.7 Å². The number of hydrogen-bond donors (Lipinski definition) is 3. The summed E-state index contributed by atoms with van der Waals surface area (Å²) in [5.41, 5.74) is 3.04. The summed E-state index contributed by atoms with van der Waals surface area (Å²) in [6.45, 7) is 4.58. The quantitative estimate of drug-likeness (QED) is 0.529. The second-order valence-electron chi connectivity index (χ2n) is 5.63. The highest BCUT2D eigenvalue weighted by Gasteiger charge is 2.22. The van der Waals surface area contributed by atoms with Crippen molar-refractivity contribution in [3.05, 3.63) is 33.4 Å². The van der Waals surface area contributed by atoms with Crippen molar-refractivity contribution < 1.29 is 10.0 Å². The summed E-state index contributed by atoms with van der Waals surface area (Å²) >= 11 is 0. The molecule has 0 amide bonds. The van der Waals surface area contributed by atoms with Crippen molar-refractivity contribution >= 4 is 11.4 Å². The first-order valence-corrected chi connectivity index (χ1v) is 7.48. The summed E-state index contributed by atoms with van der Waals surface area (Å²) in [5, 5.41) is 26.7.